The standard InChI is InChI=1S/C17H18ClN3O2/c1-12(13-7-3-2-4-8-13)20-16(22)11-23-21-17(19)14-9-5-6-10-15(14)18/h2-10,12H,11H2,1H3,(H2,19,21)(H,20,22)/t12-/m1/s1. The Balaban J connectivity index is 1.85. The molecule has 0 saturated heterocycles. The van der Waals surface area contributed by atoms with Gasteiger partial charge < -0.3 is 15.9 Å². The molecule has 1 amide bonds. The van der Waals surface area contributed by atoms with Crippen LogP contribution in [0.2, 0.25) is 5.02 Å². The first-order valence-electron chi connectivity index (χ1n) is 7.12. The fourth-order valence-electron chi connectivity index (χ4n) is 1.99. The zero-order chi connectivity index (χ0) is 16.7. The lowest BCUT2D eigenvalue weighted by molar-refractivity contribution is -0.126. The second-order valence-corrected chi connectivity index (χ2v) is 5.34. The van der Waals surface area contributed by atoms with Gasteiger partial charge >= 0.3 is 0 Å². The summed E-state index contributed by atoms with van der Waals surface area (Å²) in [6.45, 7) is 1.68. The summed E-state index contributed by atoms with van der Waals surface area (Å²) in [5.41, 5.74) is 7.36. The number of oxime groups is 1. The second-order valence-electron chi connectivity index (χ2n) is 4.93. The molecule has 120 valence electrons. The van der Waals surface area contributed by atoms with E-state index in [4.69, 9.17) is 22.2 Å². The molecule has 0 unspecified atom stereocenters. The zero-order valence-corrected chi connectivity index (χ0v) is 13.5. The normalized spacial score (nSPS) is 12.5. The highest BCUT2D eigenvalue weighted by Gasteiger charge is 2.10. The first kappa shape index (κ1) is 16.8. The van der Waals surface area contributed by atoms with E-state index in [0.717, 1.165) is 5.56 Å². The molecule has 2 aromatic carbocycles. The molecule has 0 heterocycles. The van der Waals surface area contributed by atoms with Gasteiger partial charge in [-0.2, -0.15) is 0 Å². The van der Waals surface area contributed by atoms with Gasteiger partial charge in [0.1, 0.15) is 0 Å². The number of carbonyl (C=O) groups is 1. The fraction of sp³-hybridized carbons (Fsp3) is 0.176. The van der Waals surface area contributed by atoms with E-state index in [9.17, 15) is 4.79 Å². The highest BCUT2D eigenvalue weighted by molar-refractivity contribution is 6.34. The van der Waals surface area contributed by atoms with Crippen LogP contribution in [-0.2, 0) is 9.63 Å². The van der Waals surface area contributed by atoms with Gasteiger partial charge in [-0.05, 0) is 24.6 Å². The van der Waals surface area contributed by atoms with E-state index >= 15 is 0 Å². The van der Waals surface area contributed by atoms with Crippen molar-refractivity contribution in [3.8, 4) is 0 Å². The summed E-state index contributed by atoms with van der Waals surface area (Å²) in [6.07, 6.45) is 0. The molecule has 0 aliphatic rings. The van der Waals surface area contributed by atoms with E-state index in [1.807, 2.05) is 37.3 Å². The predicted molar refractivity (Wildman–Crippen MR) is 91.1 cm³/mol. The number of benzene rings is 2. The number of carbonyl (C=O) groups excluding carboxylic acids is 1. The summed E-state index contributed by atoms with van der Waals surface area (Å²) in [4.78, 5) is 16.8. The maximum atomic E-state index is 11.8. The Morgan fingerprint density at radius 3 is 2.57 bits per heavy atom. The minimum Gasteiger partial charge on any atom is -0.384 e. The van der Waals surface area contributed by atoms with Crippen molar-refractivity contribution in [2.24, 2.45) is 10.9 Å². The van der Waals surface area contributed by atoms with Crippen molar-refractivity contribution in [3.05, 3.63) is 70.7 Å². The Kier molecular flexibility index (Phi) is 6.00. The molecule has 6 heteroatoms. The van der Waals surface area contributed by atoms with Crippen molar-refractivity contribution < 1.29 is 9.63 Å². The Morgan fingerprint density at radius 1 is 1.22 bits per heavy atom. The van der Waals surface area contributed by atoms with Gasteiger partial charge in [0, 0.05) is 5.56 Å². The Morgan fingerprint density at radius 2 is 1.87 bits per heavy atom. The van der Waals surface area contributed by atoms with Crippen molar-refractivity contribution in [1.82, 2.24) is 5.32 Å². The summed E-state index contributed by atoms with van der Waals surface area (Å²) in [5.74, 6) is -0.156. The van der Waals surface area contributed by atoms with Crippen LogP contribution >= 0.6 is 11.6 Å². The number of hydrogen-bond acceptors (Lipinski definition) is 3. The molecule has 0 bridgehead atoms. The van der Waals surface area contributed by atoms with Gasteiger partial charge in [0.05, 0.1) is 11.1 Å². The average Bonchev–Trinajstić information content (AvgIpc) is 2.56. The second kappa shape index (κ2) is 8.19. The SMILES string of the molecule is C[C@@H](NC(=O)CO/N=C(/N)c1ccccc1Cl)c1ccccc1. The van der Waals surface area contributed by atoms with Crippen LogP contribution in [0.1, 0.15) is 24.1 Å². The lowest BCUT2D eigenvalue weighted by atomic mass is 10.1. The number of amidine groups is 1. The first-order valence-corrected chi connectivity index (χ1v) is 7.50. The molecule has 3 N–H and O–H groups in total. The highest BCUT2D eigenvalue weighted by Crippen LogP contribution is 2.14. The minimum atomic E-state index is -0.280. The van der Waals surface area contributed by atoms with Crippen molar-refractivity contribution >= 4 is 23.3 Å². The summed E-state index contributed by atoms with van der Waals surface area (Å²) in [5, 5.41) is 7.02. The van der Waals surface area contributed by atoms with Gasteiger partial charge in [-0.3, -0.25) is 4.79 Å². The van der Waals surface area contributed by atoms with Crippen LogP contribution in [0, 0.1) is 0 Å². The molecule has 0 aliphatic carbocycles. The Labute approximate surface area is 140 Å². The summed E-state index contributed by atoms with van der Waals surface area (Å²) in [6, 6.07) is 16.5. The molecule has 0 fully saturated rings. The van der Waals surface area contributed by atoms with Gasteiger partial charge in [-0.25, -0.2) is 0 Å². The number of rotatable bonds is 6. The largest absolute Gasteiger partial charge is 0.384 e. The van der Waals surface area contributed by atoms with Crippen LogP contribution in [0.4, 0.5) is 0 Å². The third-order valence-electron chi connectivity index (χ3n) is 3.19. The maximum Gasteiger partial charge on any atom is 0.261 e. The lowest BCUT2D eigenvalue weighted by Crippen LogP contribution is -2.30. The van der Waals surface area contributed by atoms with E-state index in [2.05, 4.69) is 10.5 Å². The van der Waals surface area contributed by atoms with Gasteiger partial charge in [-0.1, -0.05) is 59.2 Å². The molecule has 0 radical (unpaired) electrons. The van der Waals surface area contributed by atoms with Crippen LogP contribution in [0.25, 0.3) is 0 Å². The molecule has 1 atom stereocenters. The van der Waals surface area contributed by atoms with Crippen LogP contribution < -0.4 is 11.1 Å². The molecule has 0 aliphatic heterocycles. The van der Waals surface area contributed by atoms with Crippen molar-refractivity contribution in [3.63, 3.8) is 0 Å². The number of halogens is 1. The van der Waals surface area contributed by atoms with Crippen LogP contribution in [-0.4, -0.2) is 18.3 Å². The summed E-state index contributed by atoms with van der Waals surface area (Å²) < 4.78 is 0. The third kappa shape index (κ3) is 5.00. The smallest absolute Gasteiger partial charge is 0.261 e. The van der Waals surface area contributed by atoms with Gasteiger partial charge in [0.2, 0.25) is 0 Å². The van der Waals surface area contributed by atoms with E-state index in [-0.39, 0.29) is 24.4 Å². The molecule has 2 aromatic rings. The van der Waals surface area contributed by atoms with Gasteiger partial charge in [0.25, 0.3) is 5.91 Å². The monoisotopic (exact) mass is 331 g/mol. The zero-order valence-electron chi connectivity index (χ0n) is 12.7. The Hall–Kier alpha value is -2.53. The minimum absolute atomic E-state index is 0.114. The van der Waals surface area contributed by atoms with Gasteiger partial charge in [0.15, 0.2) is 12.4 Å². The maximum absolute atomic E-state index is 11.8. The number of nitrogens with zero attached hydrogens (tertiary/aromatic N) is 1. The topological polar surface area (TPSA) is 76.7 Å². The fourth-order valence-corrected chi connectivity index (χ4v) is 2.22. The quantitative estimate of drug-likeness (QED) is 0.485. The van der Waals surface area contributed by atoms with E-state index in [1.54, 1.807) is 24.3 Å². The number of nitrogens with two attached hydrogens (primary N) is 1. The van der Waals surface area contributed by atoms with E-state index in [1.165, 1.54) is 0 Å². The molecule has 23 heavy (non-hydrogen) atoms. The molecule has 2 rings (SSSR count). The third-order valence-corrected chi connectivity index (χ3v) is 3.52. The molecule has 0 saturated carbocycles. The molecular weight excluding hydrogens is 314 g/mol. The summed E-state index contributed by atoms with van der Waals surface area (Å²) >= 11 is 6.00. The highest BCUT2D eigenvalue weighted by atomic mass is 35.5. The lowest BCUT2D eigenvalue weighted by Gasteiger charge is -2.13. The first-order chi connectivity index (χ1) is 11.1. The van der Waals surface area contributed by atoms with Crippen LogP contribution in [0.3, 0.4) is 0 Å². The Bertz CT molecular complexity index is 689. The van der Waals surface area contributed by atoms with Crippen LogP contribution in [0.5, 0.6) is 0 Å². The van der Waals surface area contributed by atoms with Gasteiger partial charge in [-0.15, -0.1) is 0 Å². The average molecular weight is 332 g/mol. The van der Waals surface area contributed by atoms with E-state index < -0.39 is 0 Å². The molecule has 0 spiro atoms. The number of amides is 1. The summed E-state index contributed by atoms with van der Waals surface area (Å²) in [7, 11) is 0. The molecule has 0 aromatic heterocycles. The number of hydrogen-bond donors (Lipinski definition) is 2. The molecular formula is C17H18ClN3O2. The van der Waals surface area contributed by atoms with Crippen molar-refractivity contribution in [2.75, 3.05) is 6.61 Å². The number of nitrogens with one attached hydrogen (secondary N) is 1. The van der Waals surface area contributed by atoms with Crippen LogP contribution in [0.15, 0.2) is 59.8 Å². The van der Waals surface area contributed by atoms with E-state index in [0.29, 0.717) is 10.6 Å². The van der Waals surface area contributed by atoms with Crippen molar-refractivity contribution in [1.29, 1.82) is 0 Å². The molecule has 5 nitrogen and oxygen atoms in total. The predicted octanol–water partition coefficient (Wildman–Crippen LogP) is 2.85. The van der Waals surface area contributed by atoms with Crippen molar-refractivity contribution in [2.45, 2.75) is 13.0 Å².